The molecule has 0 radical (unpaired) electrons. The summed E-state index contributed by atoms with van der Waals surface area (Å²) in [5.41, 5.74) is 7.33. The molecule has 1 aliphatic rings. The van der Waals surface area contributed by atoms with Crippen molar-refractivity contribution in [3.8, 4) is 11.4 Å². The zero-order valence-corrected chi connectivity index (χ0v) is 17.1. The number of carbonyl (C=O) groups is 1. The molecule has 0 spiro atoms. The summed E-state index contributed by atoms with van der Waals surface area (Å²) < 4.78 is 28.8. The summed E-state index contributed by atoms with van der Waals surface area (Å²) >= 11 is 0. The number of halogens is 2. The zero-order valence-electron chi connectivity index (χ0n) is 17.1. The number of fused-ring (bicyclic) bond motifs is 2. The second kappa shape index (κ2) is 6.50. The van der Waals surface area contributed by atoms with E-state index in [0.29, 0.717) is 42.0 Å². The number of nitrogens with two attached hydrogens (primary N) is 1. The van der Waals surface area contributed by atoms with Crippen LogP contribution in [0.2, 0.25) is 0 Å². The highest BCUT2D eigenvalue weighted by molar-refractivity contribution is 5.97. The lowest BCUT2D eigenvalue weighted by Gasteiger charge is -2.13. The molecular weight excluding hydrogens is 402 g/mol. The third kappa shape index (κ3) is 3.03. The number of carbonyl (C=O) groups excluding carboxylic acids is 1. The molecule has 1 aliphatic carbocycles. The monoisotopic (exact) mass is 422 g/mol. The molecule has 0 bridgehead atoms. The number of alkyl halides is 2. The van der Waals surface area contributed by atoms with Gasteiger partial charge in [0.2, 0.25) is 5.91 Å². The van der Waals surface area contributed by atoms with E-state index in [1.165, 1.54) is 22.8 Å². The number of amides is 1. The van der Waals surface area contributed by atoms with Crippen molar-refractivity contribution in [3.05, 3.63) is 53.7 Å². The third-order valence-electron chi connectivity index (χ3n) is 5.98. The quantitative estimate of drug-likeness (QED) is 0.530. The van der Waals surface area contributed by atoms with Crippen molar-refractivity contribution in [3.63, 3.8) is 0 Å². The summed E-state index contributed by atoms with van der Waals surface area (Å²) in [5, 5.41) is 6.07. The molecule has 1 amide bonds. The van der Waals surface area contributed by atoms with Crippen LogP contribution in [-0.4, -0.2) is 30.5 Å². The van der Waals surface area contributed by atoms with Crippen molar-refractivity contribution in [1.29, 1.82) is 0 Å². The molecule has 4 aromatic rings. The maximum Gasteiger partial charge on any atom is 0.272 e. The van der Waals surface area contributed by atoms with E-state index >= 15 is 0 Å². The number of hydrogen-bond acceptors (Lipinski definition) is 5. The number of aromatic nitrogens is 5. The van der Waals surface area contributed by atoms with E-state index in [4.69, 9.17) is 5.73 Å². The molecule has 1 fully saturated rings. The fourth-order valence-corrected chi connectivity index (χ4v) is 3.92. The van der Waals surface area contributed by atoms with Gasteiger partial charge in [0.25, 0.3) is 5.92 Å². The highest BCUT2D eigenvalue weighted by atomic mass is 19.3. The predicted molar refractivity (Wildman–Crippen MR) is 111 cm³/mol. The molecule has 4 heterocycles. The minimum absolute atomic E-state index is 0.149. The fourth-order valence-electron chi connectivity index (χ4n) is 3.92. The zero-order chi connectivity index (χ0) is 22.0. The Morgan fingerprint density at radius 2 is 2.00 bits per heavy atom. The molecule has 5 rings (SSSR count). The maximum atomic E-state index is 13.7. The summed E-state index contributed by atoms with van der Waals surface area (Å²) in [5.74, 6) is -3.01. The van der Waals surface area contributed by atoms with Crippen molar-refractivity contribution in [2.75, 3.05) is 0 Å². The van der Waals surface area contributed by atoms with E-state index < -0.39 is 11.3 Å². The number of aryl methyl sites for hydroxylation is 1. The minimum Gasteiger partial charge on any atom is -0.369 e. The summed E-state index contributed by atoms with van der Waals surface area (Å²) in [6, 6.07) is 4.72. The van der Waals surface area contributed by atoms with Crippen LogP contribution in [-0.2, 0) is 22.6 Å². The Labute approximate surface area is 176 Å². The molecule has 31 heavy (non-hydrogen) atoms. The third-order valence-corrected chi connectivity index (χ3v) is 5.98. The van der Waals surface area contributed by atoms with Crippen LogP contribution in [0.15, 0.2) is 36.8 Å². The van der Waals surface area contributed by atoms with Crippen LogP contribution in [0.1, 0.15) is 43.6 Å². The minimum atomic E-state index is -2.98. The van der Waals surface area contributed by atoms with Gasteiger partial charge in [-0.2, -0.15) is 0 Å². The number of nitrogens with zero attached hydrogens (tertiary/aromatic N) is 5. The average Bonchev–Trinajstić information content (AvgIpc) is 3.45. The molecule has 1 saturated carbocycles. The van der Waals surface area contributed by atoms with E-state index in [2.05, 4.69) is 20.1 Å². The Kier molecular flexibility index (Phi) is 4.08. The van der Waals surface area contributed by atoms with E-state index in [0.717, 1.165) is 23.4 Å². The Bertz CT molecular complexity index is 1350. The number of pyridine rings is 3. The molecule has 0 aliphatic heterocycles. The molecule has 0 aromatic carbocycles. The summed E-state index contributed by atoms with van der Waals surface area (Å²) in [4.78, 5) is 25.6. The van der Waals surface area contributed by atoms with Crippen LogP contribution in [0, 0.1) is 0 Å². The molecule has 4 aromatic heterocycles. The first kappa shape index (κ1) is 19.5. The van der Waals surface area contributed by atoms with Gasteiger partial charge < -0.3 is 5.73 Å². The molecule has 158 valence electrons. The first-order chi connectivity index (χ1) is 14.7. The second-order valence-electron chi connectivity index (χ2n) is 8.08. The number of hydrogen-bond donors (Lipinski definition) is 1. The van der Waals surface area contributed by atoms with Gasteiger partial charge in [0.05, 0.1) is 11.1 Å². The molecule has 0 unspecified atom stereocenters. The van der Waals surface area contributed by atoms with E-state index in [1.807, 2.05) is 13.0 Å². The Balaban J connectivity index is 1.71. The van der Waals surface area contributed by atoms with Gasteiger partial charge in [-0.25, -0.2) is 18.3 Å². The van der Waals surface area contributed by atoms with E-state index in [-0.39, 0.29) is 11.5 Å². The van der Waals surface area contributed by atoms with Crippen LogP contribution in [0.25, 0.3) is 27.8 Å². The highest BCUT2D eigenvalue weighted by Gasteiger charge is 2.51. The topological polar surface area (TPSA) is 99.1 Å². The van der Waals surface area contributed by atoms with Crippen molar-refractivity contribution in [2.24, 2.45) is 5.73 Å². The highest BCUT2D eigenvalue weighted by Crippen LogP contribution is 2.48. The molecule has 7 nitrogen and oxygen atoms in total. The van der Waals surface area contributed by atoms with Crippen molar-refractivity contribution in [2.45, 2.75) is 44.4 Å². The molecule has 0 saturated heterocycles. The Hall–Kier alpha value is -3.49. The first-order valence-electron chi connectivity index (χ1n) is 10.1. The Morgan fingerprint density at radius 1 is 1.23 bits per heavy atom. The molecule has 9 heteroatoms. The van der Waals surface area contributed by atoms with Crippen LogP contribution in [0.4, 0.5) is 8.78 Å². The van der Waals surface area contributed by atoms with E-state index in [9.17, 15) is 13.6 Å². The van der Waals surface area contributed by atoms with Crippen LogP contribution >= 0.6 is 0 Å². The predicted octanol–water partition coefficient (Wildman–Crippen LogP) is 3.53. The van der Waals surface area contributed by atoms with Crippen LogP contribution in [0.5, 0.6) is 0 Å². The summed E-state index contributed by atoms with van der Waals surface area (Å²) in [7, 11) is 0. The fraction of sp³-hybridized carbons (Fsp3) is 0.318. The van der Waals surface area contributed by atoms with Gasteiger partial charge in [-0.05, 0) is 42.8 Å². The smallest absolute Gasteiger partial charge is 0.272 e. The van der Waals surface area contributed by atoms with Gasteiger partial charge in [0.1, 0.15) is 0 Å². The van der Waals surface area contributed by atoms with Gasteiger partial charge in [0, 0.05) is 47.7 Å². The normalized spacial score (nSPS) is 15.5. The van der Waals surface area contributed by atoms with E-state index in [1.54, 1.807) is 12.4 Å². The van der Waals surface area contributed by atoms with Crippen molar-refractivity contribution in [1.82, 2.24) is 24.6 Å². The standard InChI is InChI=1S/C22H20F2N6O/c1-3-16-14-9-27-17(22(6-7-22)20(25)31)8-13(14)15(10-26-16)19-28-18-5-4-12(21(2,23)24)11-30(18)29-19/h4-5,8-11H,3,6-7H2,1-2H3,(H2,25,31). The number of rotatable bonds is 5. The molecular formula is C22H20F2N6O. The average molecular weight is 422 g/mol. The molecule has 2 N–H and O–H groups in total. The van der Waals surface area contributed by atoms with Gasteiger partial charge in [-0.3, -0.25) is 14.8 Å². The largest absolute Gasteiger partial charge is 0.369 e. The van der Waals surface area contributed by atoms with Crippen molar-refractivity contribution < 1.29 is 13.6 Å². The van der Waals surface area contributed by atoms with Gasteiger partial charge in [-0.15, -0.1) is 5.10 Å². The summed E-state index contributed by atoms with van der Waals surface area (Å²) in [6.45, 7) is 2.84. The molecule has 0 atom stereocenters. The SMILES string of the molecule is CCc1ncc(-c2nc3ccc(C(C)(F)F)cn3n2)c2cc(C3(C(N)=O)CC3)ncc12. The van der Waals surface area contributed by atoms with Gasteiger partial charge in [0.15, 0.2) is 11.5 Å². The maximum absolute atomic E-state index is 13.7. The lowest BCUT2D eigenvalue weighted by Crippen LogP contribution is -2.29. The van der Waals surface area contributed by atoms with Crippen molar-refractivity contribution >= 4 is 22.3 Å². The van der Waals surface area contributed by atoms with Gasteiger partial charge in [-0.1, -0.05) is 6.92 Å². The lowest BCUT2D eigenvalue weighted by molar-refractivity contribution is -0.120. The number of primary amides is 1. The van der Waals surface area contributed by atoms with Crippen LogP contribution < -0.4 is 5.73 Å². The Morgan fingerprint density at radius 3 is 2.65 bits per heavy atom. The van der Waals surface area contributed by atoms with Crippen LogP contribution in [0.3, 0.4) is 0 Å². The second-order valence-corrected chi connectivity index (χ2v) is 8.08. The van der Waals surface area contributed by atoms with Gasteiger partial charge >= 0.3 is 0 Å². The first-order valence-corrected chi connectivity index (χ1v) is 10.1. The lowest BCUT2D eigenvalue weighted by atomic mass is 9.97. The summed E-state index contributed by atoms with van der Waals surface area (Å²) in [6.07, 6.45) is 6.71.